The van der Waals surface area contributed by atoms with Gasteiger partial charge >= 0.3 is 0 Å². The maximum Gasteiger partial charge on any atom is 0.108 e. The predicted molar refractivity (Wildman–Crippen MR) is 76.9 cm³/mol. The van der Waals surface area contributed by atoms with Gasteiger partial charge in [0.15, 0.2) is 0 Å². The molecule has 0 radical (unpaired) electrons. The Balaban J connectivity index is 1.85. The second-order valence-electron chi connectivity index (χ2n) is 5.44. The Kier molecular flexibility index (Phi) is 8.36. The third kappa shape index (κ3) is 7.17. The maximum atomic E-state index is 5.81. The Morgan fingerprint density at radius 1 is 1.17 bits per heavy atom. The summed E-state index contributed by atoms with van der Waals surface area (Å²) in [5.74, 6) is 0. The fourth-order valence-corrected chi connectivity index (χ4v) is 2.25. The molecule has 0 aromatic carbocycles. The van der Waals surface area contributed by atoms with Gasteiger partial charge in [0.2, 0.25) is 0 Å². The zero-order chi connectivity index (χ0) is 13.2. The van der Waals surface area contributed by atoms with Gasteiger partial charge in [-0.15, -0.1) is 6.58 Å². The van der Waals surface area contributed by atoms with Crippen molar-refractivity contribution in [2.24, 2.45) is 0 Å². The highest BCUT2D eigenvalue weighted by molar-refractivity contribution is 4.90. The van der Waals surface area contributed by atoms with E-state index in [0.29, 0.717) is 18.3 Å². The number of rotatable bonds is 12. The quantitative estimate of drug-likeness (QED) is 0.291. The number of ether oxygens (including phenoxy) is 2. The van der Waals surface area contributed by atoms with Crippen molar-refractivity contribution in [2.45, 2.75) is 83.5 Å². The molecule has 0 bridgehead atoms. The lowest BCUT2D eigenvalue weighted by molar-refractivity contribution is 0.0476. The Morgan fingerprint density at radius 2 is 1.89 bits per heavy atom. The Bertz CT molecular complexity index is 215. The summed E-state index contributed by atoms with van der Waals surface area (Å²) in [5.41, 5.74) is 0. The van der Waals surface area contributed by atoms with Crippen LogP contribution >= 0.6 is 0 Å². The number of hydrogen-bond acceptors (Lipinski definition) is 2. The lowest BCUT2D eigenvalue weighted by Crippen LogP contribution is -2.13. The summed E-state index contributed by atoms with van der Waals surface area (Å²) < 4.78 is 11.3. The molecule has 0 aliphatic carbocycles. The zero-order valence-electron chi connectivity index (χ0n) is 12.2. The average Bonchev–Trinajstić information content (AvgIpc) is 3.10. The van der Waals surface area contributed by atoms with Gasteiger partial charge in [-0.1, -0.05) is 51.5 Å². The molecule has 0 spiro atoms. The summed E-state index contributed by atoms with van der Waals surface area (Å²) in [6.07, 6.45) is 13.3. The minimum atomic E-state index is 0.329. The molecule has 1 heterocycles. The molecule has 0 saturated carbocycles. The van der Waals surface area contributed by atoms with Gasteiger partial charge < -0.3 is 9.47 Å². The summed E-state index contributed by atoms with van der Waals surface area (Å²) >= 11 is 0. The molecule has 3 atom stereocenters. The summed E-state index contributed by atoms with van der Waals surface area (Å²) in [7, 11) is 0. The van der Waals surface area contributed by atoms with E-state index in [1.165, 1.54) is 44.9 Å². The van der Waals surface area contributed by atoms with E-state index in [0.717, 1.165) is 13.0 Å². The van der Waals surface area contributed by atoms with Crippen LogP contribution in [0.4, 0.5) is 0 Å². The molecule has 1 aliphatic heterocycles. The van der Waals surface area contributed by atoms with Crippen LogP contribution in [0.1, 0.15) is 65.2 Å². The molecular formula is C16H30O2. The van der Waals surface area contributed by atoms with Gasteiger partial charge in [-0.3, -0.25) is 0 Å². The molecule has 0 aromatic rings. The highest BCUT2D eigenvalue weighted by Crippen LogP contribution is 2.26. The summed E-state index contributed by atoms with van der Waals surface area (Å²) in [4.78, 5) is 0. The molecule has 106 valence electrons. The van der Waals surface area contributed by atoms with Crippen LogP contribution in [0.5, 0.6) is 0 Å². The van der Waals surface area contributed by atoms with Gasteiger partial charge in [0.05, 0.1) is 18.8 Å². The first kappa shape index (κ1) is 15.7. The van der Waals surface area contributed by atoms with Crippen LogP contribution in [0.15, 0.2) is 12.7 Å². The highest BCUT2D eigenvalue weighted by atomic mass is 16.6. The van der Waals surface area contributed by atoms with E-state index in [4.69, 9.17) is 9.47 Å². The lowest BCUT2D eigenvalue weighted by Gasteiger charge is -2.11. The summed E-state index contributed by atoms with van der Waals surface area (Å²) in [5, 5.41) is 0. The van der Waals surface area contributed by atoms with Crippen LogP contribution in [0.25, 0.3) is 0 Å². The predicted octanol–water partition coefficient (Wildman–Crippen LogP) is 4.49. The van der Waals surface area contributed by atoms with Crippen molar-refractivity contribution >= 4 is 0 Å². The molecule has 1 saturated heterocycles. The fourth-order valence-electron chi connectivity index (χ4n) is 2.25. The van der Waals surface area contributed by atoms with Gasteiger partial charge in [-0.25, -0.2) is 0 Å². The minimum Gasteiger partial charge on any atom is -0.376 e. The van der Waals surface area contributed by atoms with Gasteiger partial charge in [0.25, 0.3) is 0 Å². The second kappa shape index (κ2) is 9.57. The first-order valence-electron chi connectivity index (χ1n) is 7.65. The topological polar surface area (TPSA) is 21.8 Å². The molecule has 2 heteroatoms. The summed E-state index contributed by atoms with van der Waals surface area (Å²) in [6.45, 7) is 8.92. The Hall–Kier alpha value is -0.340. The van der Waals surface area contributed by atoms with Gasteiger partial charge in [0.1, 0.15) is 6.10 Å². The average molecular weight is 254 g/mol. The molecule has 1 fully saturated rings. The smallest absolute Gasteiger partial charge is 0.108 e. The second-order valence-corrected chi connectivity index (χ2v) is 5.44. The van der Waals surface area contributed by atoms with Crippen LogP contribution in [-0.2, 0) is 9.47 Å². The van der Waals surface area contributed by atoms with Crippen LogP contribution in [0.3, 0.4) is 0 Å². The van der Waals surface area contributed by atoms with Crippen molar-refractivity contribution in [3.8, 4) is 0 Å². The number of hydrogen-bond donors (Lipinski definition) is 0. The summed E-state index contributed by atoms with van der Waals surface area (Å²) in [6, 6.07) is 0. The Labute approximate surface area is 113 Å². The Morgan fingerprint density at radius 3 is 2.61 bits per heavy atom. The number of epoxide rings is 1. The maximum absolute atomic E-state index is 5.81. The zero-order valence-corrected chi connectivity index (χ0v) is 12.2. The van der Waals surface area contributed by atoms with Gasteiger partial charge in [-0.2, -0.15) is 0 Å². The third-order valence-electron chi connectivity index (χ3n) is 3.60. The van der Waals surface area contributed by atoms with Crippen LogP contribution < -0.4 is 0 Å². The highest BCUT2D eigenvalue weighted by Gasteiger charge is 2.37. The molecule has 0 N–H and O–H groups in total. The van der Waals surface area contributed by atoms with E-state index in [1.54, 1.807) is 0 Å². The van der Waals surface area contributed by atoms with E-state index in [-0.39, 0.29) is 0 Å². The standard InChI is InChI=1S/C16H30O2/c1-4-6-7-8-9-10-12-14(3)17-13-16-15(18-16)11-5-2/h5,14-16H,2,4,6-13H2,1,3H3. The van der Waals surface area contributed by atoms with E-state index in [2.05, 4.69) is 20.4 Å². The van der Waals surface area contributed by atoms with E-state index in [9.17, 15) is 0 Å². The molecule has 18 heavy (non-hydrogen) atoms. The molecule has 1 rings (SSSR count). The van der Waals surface area contributed by atoms with E-state index < -0.39 is 0 Å². The van der Waals surface area contributed by atoms with Crippen molar-refractivity contribution in [1.82, 2.24) is 0 Å². The van der Waals surface area contributed by atoms with Gasteiger partial charge in [-0.05, 0) is 19.8 Å². The van der Waals surface area contributed by atoms with Crippen LogP contribution in [0, 0.1) is 0 Å². The monoisotopic (exact) mass is 254 g/mol. The SMILES string of the molecule is C=CCC1OC1COC(C)CCCCCCCC. The van der Waals surface area contributed by atoms with Crippen molar-refractivity contribution in [1.29, 1.82) is 0 Å². The van der Waals surface area contributed by atoms with Crippen LogP contribution in [-0.4, -0.2) is 24.9 Å². The molecule has 1 aliphatic rings. The molecule has 3 unspecified atom stereocenters. The minimum absolute atomic E-state index is 0.329. The van der Waals surface area contributed by atoms with Crippen molar-refractivity contribution in [3.63, 3.8) is 0 Å². The van der Waals surface area contributed by atoms with E-state index >= 15 is 0 Å². The van der Waals surface area contributed by atoms with Crippen LogP contribution in [0.2, 0.25) is 0 Å². The van der Waals surface area contributed by atoms with E-state index in [1.807, 2.05) is 6.08 Å². The first-order chi connectivity index (χ1) is 8.77. The van der Waals surface area contributed by atoms with Crippen molar-refractivity contribution in [2.75, 3.05) is 6.61 Å². The number of unbranched alkanes of at least 4 members (excludes halogenated alkanes) is 5. The normalized spacial score (nSPS) is 23.9. The third-order valence-corrected chi connectivity index (χ3v) is 3.60. The van der Waals surface area contributed by atoms with Gasteiger partial charge in [0, 0.05) is 0 Å². The van der Waals surface area contributed by atoms with Crippen molar-refractivity contribution < 1.29 is 9.47 Å². The first-order valence-corrected chi connectivity index (χ1v) is 7.65. The lowest BCUT2D eigenvalue weighted by atomic mass is 10.1. The molecular weight excluding hydrogens is 224 g/mol. The van der Waals surface area contributed by atoms with Crippen molar-refractivity contribution in [3.05, 3.63) is 12.7 Å². The largest absolute Gasteiger partial charge is 0.376 e. The molecule has 0 aromatic heterocycles. The fraction of sp³-hybridized carbons (Fsp3) is 0.875. The molecule has 0 amide bonds. The molecule has 2 nitrogen and oxygen atoms in total.